The Labute approximate surface area is 200 Å². The first-order valence-corrected chi connectivity index (χ1v) is 11.7. The number of amides is 2. The van der Waals surface area contributed by atoms with Crippen LogP contribution in [0.1, 0.15) is 65.6 Å². The van der Waals surface area contributed by atoms with Crippen molar-refractivity contribution < 1.29 is 9.59 Å². The zero-order chi connectivity index (χ0) is 24.1. The molecule has 2 heterocycles. The highest BCUT2D eigenvalue weighted by Crippen LogP contribution is 2.22. The van der Waals surface area contributed by atoms with E-state index in [1.54, 1.807) is 0 Å². The molecule has 3 N–H and O–H groups in total. The quantitative estimate of drug-likeness (QED) is 0.534. The van der Waals surface area contributed by atoms with Crippen LogP contribution in [0, 0.1) is 0 Å². The molecule has 2 atom stereocenters. The third kappa shape index (κ3) is 5.60. The fourth-order valence-electron chi connectivity index (χ4n) is 4.44. The van der Waals surface area contributed by atoms with Crippen molar-refractivity contribution in [3.63, 3.8) is 0 Å². The van der Waals surface area contributed by atoms with Crippen molar-refractivity contribution in [2.45, 2.75) is 51.6 Å². The second kappa shape index (κ2) is 10.5. The van der Waals surface area contributed by atoms with E-state index in [0.29, 0.717) is 30.5 Å². The van der Waals surface area contributed by atoms with Gasteiger partial charge in [-0.2, -0.15) is 0 Å². The van der Waals surface area contributed by atoms with Gasteiger partial charge in [-0.15, -0.1) is 0 Å². The second-order valence-corrected chi connectivity index (χ2v) is 8.94. The molecule has 0 aliphatic carbocycles. The van der Waals surface area contributed by atoms with E-state index >= 15 is 0 Å². The molecule has 1 fully saturated rings. The number of carbonyl (C=O) groups is 2. The van der Waals surface area contributed by atoms with Gasteiger partial charge >= 0.3 is 0 Å². The van der Waals surface area contributed by atoms with Crippen molar-refractivity contribution in [3.05, 3.63) is 88.9 Å². The lowest BCUT2D eigenvalue weighted by Crippen LogP contribution is -2.34. The number of primary amides is 1. The molecule has 3 aromatic rings. The minimum atomic E-state index is -0.578. The molecule has 176 valence electrons. The van der Waals surface area contributed by atoms with Crippen LogP contribution in [-0.4, -0.2) is 39.3 Å². The monoisotopic (exact) mass is 457 g/mol. The van der Waals surface area contributed by atoms with Gasteiger partial charge in [0, 0.05) is 31.2 Å². The van der Waals surface area contributed by atoms with Gasteiger partial charge in [0.05, 0.1) is 12.0 Å². The summed E-state index contributed by atoms with van der Waals surface area (Å²) in [6.45, 7) is 4.96. The van der Waals surface area contributed by atoms with Crippen LogP contribution in [0.2, 0.25) is 0 Å². The number of nitrogens with two attached hydrogens (primary N) is 1. The number of carbonyl (C=O) groups excluding carboxylic acids is 2. The van der Waals surface area contributed by atoms with Gasteiger partial charge in [0.2, 0.25) is 5.91 Å². The van der Waals surface area contributed by atoms with Gasteiger partial charge in [0.1, 0.15) is 11.6 Å². The van der Waals surface area contributed by atoms with Crippen LogP contribution < -0.4 is 11.1 Å². The number of anilines is 1. The van der Waals surface area contributed by atoms with E-state index < -0.39 is 5.91 Å². The van der Waals surface area contributed by atoms with E-state index in [1.807, 2.05) is 66.4 Å². The number of nitrogens with zero attached hydrogens (tertiary/aromatic N) is 3. The Morgan fingerprint density at radius 1 is 1.15 bits per heavy atom. The van der Waals surface area contributed by atoms with Gasteiger partial charge in [-0.1, -0.05) is 54.6 Å². The van der Waals surface area contributed by atoms with Gasteiger partial charge in [-0.05, 0) is 43.4 Å². The van der Waals surface area contributed by atoms with Crippen molar-refractivity contribution in [2.75, 3.05) is 11.9 Å². The summed E-state index contributed by atoms with van der Waals surface area (Å²) in [6, 6.07) is 18.1. The van der Waals surface area contributed by atoms with Gasteiger partial charge in [-0.25, -0.2) is 9.97 Å². The van der Waals surface area contributed by atoms with Crippen LogP contribution in [0.25, 0.3) is 0 Å². The molecule has 0 bridgehead atoms. The van der Waals surface area contributed by atoms with Crippen LogP contribution in [0.5, 0.6) is 0 Å². The van der Waals surface area contributed by atoms with E-state index in [1.165, 1.54) is 6.20 Å². The van der Waals surface area contributed by atoms with Gasteiger partial charge in [-0.3, -0.25) is 9.59 Å². The van der Waals surface area contributed by atoms with Crippen LogP contribution in [0.3, 0.4) is 0 Å². The molecule has 0 saturated carbocycles. The Hall–Kier alpha value is -3.74. The normalized spacial score (nSPS) is 16.3. The molecular formula is C27H31N5O2. The molecule has 1 aliphatic heterocycles. The number of likely N-dealkylation sites (tertiary alicyclic amines) is 1. The summed E-state index contributed by atoms with van der Waals surface area (Å²) in [7, 11) is 0. The maximum Gasteiger partial charge on any atom is 0.254 e. The Balaban J connectivity index is 1.50. The minimum Gasteiger partial charge on any atom is -0.365 e. The van der Waals surface area contributed by atoms with Crippen molar-refractivity contribution in [2.24, 2.45) is 5.73 Å². The van der Waals surface area contributed by atoms with Crippen LogP contribution in [0.4, 0.5) is 5.82 Å². The van der Waals surface area contributed by atoms with Crippen LogP contribution in [0.15, 0.2) is 60.8 Å². The predicted octanol–water partition coefficient (Wildman–Crippen LogP) is 3.89. The lowest BCUT2D eigenvalue weighted by atomic mass is 10.0. The molecule has 2 aromatic carbocycles. The number of hydrogen-bond donors (Lipinski definition) is 2. The second-order valence-electron chi connectivity index (χ2n) is 8.94. The first kappa shape index (κ1) is 23.4. The molecule has 1 saturated heterocycles. The summed E-state index contributed by atoms with van der Waals surface area (Å²) >= 11 is 0. The highest BCUT2D eigenvalue weighted by molar-refractivity contribution is 5.97. The van der Waals surface area contributed by atoms with Gasteiger partial charge in [0.15, 0.2) is 0 Å². The predicted molar refractivity (Wildman–Crippen MR) is 132 cm³/mol. The fourth-order valence-corrected chi connectivity index (χ4v) is 4.44. The van der Waals surface area contributed by atoms with Gasteiger partial charge < -0.3 is 16.0 Å². The highest BCUT2D eigenvalue weighted by Gasteiger charge is 2.25. The molecule has 0 spiro atoms. The Kier molecular flexibility index (Phi) is 7.21. The van der Waals surface area contributed by atoms with Crippen molar-refractivity contribution >= 4 is 17.6 Å². The lowest BCUT2D eigenvalue weighted by Gasteiger charge is -2.21. The molecule has 0 unspecified atom stereocenters. The molecule has 7 heteroatoms. The average Bonchev–Trinajstić information content (AvgIpc) is 3.26. The standard InChI is InChI=1S/C27H31N5O2/c1-18-8-7-13-32(18)25(33)16-21-10-6-9-20(14-21)15-24-29-17-23(26(28)34)27(31-24)30-19(2)22-11-4-3-5-12-22/h3-6,9-12,14,17-19H,7-8,13,15-16H2,1-2H3,(H2,28,34)(H,29,30,31)/t18-,19-/m1/s1. The number of hydrogen-bond acceptors (Lipinski definition) is 5. The minimum absolute atomic E-state index is 0.0654. The topological polar surface area (TPSA) is 101 Å². The summed E-state index contributed by atoms with van der Waals surface area (Å²) in [6.07, 6.45) is 4.50. The van der Waals surface area contributed by atoms with Gasteiger partial charge in [0.25, 0.3) is 5.91 Å². The summed E-state index contributed by atoms with van der Waals surface area (Å²) in [4.78, 5) is 35.6. The first-order valence-electron chi connectivity index (χ1n) is 11.7. The fraction of sp³-hybridized carbons (Fsp3) is 0.333. The third-order valence-electron chi connectivity index (χ3n) is 6.34. The van der Waals surface area contributed by atoms with E-state index in [4.69, 9.17) is 5.73 Å². The van der Waals surface area contributed by atoms with Crippen LogP contribution >= 0.6 is 0 Å². The molecule has 1 aliphatic rings. The highest BCUT2D eigenvalue weighted by atomic mass is 16.2. The third-order valence-corrected chi connectivity index (χ3v) is 6.34. The SMILES string of the molecule is C[C@@H]1CCCN1C(=O)Cc1cccc(Cc2ncc(C(N)=O)c(N[C@H](C)c3ccccc3)n2)c1. The van der Waals surface area contributed by atoms with Crippen molar-refractivity contribution in [1.82, 2.24) is 14.9 Å². The number of rotatable bonds is 8. The summed E-state index contributed by atoms with van der Waals surface area (Å²) in [5, 5.41) is 3.31. The van der Waals surface area contributed by atoms with E-state index in [0.717, 1.165) is 36.1 Å². The zero-order valence-electron chi connectivity index (χ0n) is 19.7. The first-order chi connectivity index (χ1) is 16.4. The number of benzene rings is 2. The smallest absolute Gasteiger partial charge is 0.254 e. The number of nitrogens with one attached hydrogen (secondary N) is 1. The summed E-state index contributed by atoms with van der Waals surface area (Å²) in [5.74, 6) is 0.587. The molecule has 7 nitrogen and oxygen atoms in total. The summed E-state index contributed by atoms with van der Waals surface area (Å²) in [5.41, 5.74) is 8.88. The molecule has 34 heavy (non-hydrogen) atoms. The lowest BCUT2D eigenvalue weighted by molar-refractivity contribution is -0.130. The molecule has 4 rings (SSSR count). The molecule has 2 amide bonds. The molecule has 1 aromatic heterocycles. The maximum absolute atomic E-state index is 12.7. The Bertz CT molecular complexity index is 1160. The van der Waals surface area contributed by atoms with Crippen LogP contribution in [-0.2, 0) is 17.6 Å². The largest absolute Gasteiger partial charge is 0.365 e. The van der Waals surface area contributed by atoms with E-state index in [-0.39, 0.29) is 17.5 Å². The van der Waals surface area contributed by atoms with Crippen molar-refractivity contribution in [3.8, 4) is 0 Å². The summed E-state index contributed by atoms with van der Waals surface area (Å²) < 4.78 is 0. The van der Waals surface area contributed by atoms with E-state index in [2.05, 4.69) is 22.2 Å². The van der Waals surface area contributed by atoms with E-state index in [9.17, 15) is 9.59 Å². The Morgan fingerprint density at radius 2 is 1.91 bits per heavy atom. The molecule has 0 radical (unpaired) electrons. The maximum atomic E-state index is 12.7. The average molecular weight is 458 g/mol. The Morgan fingerprint density at radius 3 is 2.62 bits per heavy atom. The zero-order valence-corrected chi connectivity index (χ0v) is 19.7. The molecular weight excluding hydrogens is 426 g/mol. The number of aromatic nitrogens is 2. The van der Waals surface area contributed by atoms with Crippen molar-refractivity contribution in [1.29, 1.82) is 0 Å².